The van der Waals surface area contributed by atoms with Crippen LogP contribution in [-0.2, 0) is 4.74 Å². The summed E-state index contributed by atoms with van der Waals surface area (Å²) in [7, 11) is 0. The molecule has 0 spiro atoms. The maximum absolute atomic E-state index is 14.2. The molecule has 1 fully saturated rings. The number of amides is 1. The number of nitrogens with zero attached hydrogens (tertiary/aromatic N) is 5. The molecule has 1 aliphatic rings. The average molecular weight is 510 g/mol. The second-order valence-corrected chi connectivity index (χ2v) is 9.23. The van der Waals surface area contributed by atoms with E-state index in [0.717, 1.165) is 11.1 Å². The Morgan fingerprint density at radius 2 is 1.87 bits per heavy atom. The van der Waals surface area contributed by atoms with Crippen molar-refractivity contribution >= 4 is 33.8 Å². The van der Waals surface area contributed by atoms with E-state index in [2.05, 4.69) is 20.3 Å². The number of ether oxygens (including phenoxy) is 1. The Morgan fingerprint density at radius 3 is 2.66 bits per heavy atom. The molecule has 1 atom stereocenters. The van der Waals surface area contributed by atoms with E-state index >= 15 is 0 Å². The van der Waals surface area contributed by atoms with Crippen molar-refractivity contribution in [1.29, 1.82) is 0 Å². The SMILES string of the molecule is CC(NC(=O)c1c(N)nn2cccnc12)c1cc2cccc(N3CCOCC3)c2c(=O)n1-c1ccccc1. The molecule has 0 radical (unpaired) electrons. The van der Waals surface area contributed by atoms with Gasteiger partial charge in [-0.05, 0) is 42.6 Å². The van der Waals surface area contributed by atoms with Crippen LogP contribution in [0, 0.1) is 0 Å². The zero-order chi connectivity index (χ0) is 26.2. The van der Waals surface area contributed by atoms with Crippen LogP contribution in [0.1, 0.15) is 29.0 Å². The molecule has 192 valence electrons. The second-order valence-electron chi connectivity index (χ2n) is 9.23. The van der Waals surface area contributed by atoms with Crippen molar-refractivity contribution in [2.45, 2.75) is 13.0 Å². The van der Waals surface area contributed by atoms with Gasteiger partial charge in [-0.25, -0.2) is 9.50 Å². The first kappa shape index (κ1) is 23.7. The summed E-state index contributed by atoms with van der Waals surface area (Å²) >= 11 is 0. The molecule has 3 aromatic heterocycles. The molecule has 1 amide bonds. The summed E-state index contributed by atoms with van der Waals surface area (Å²) in [5, 5.41) is 8.64. The highest BCUT2D eigenvalue weighted by molar-refractivity contribution is 6.04. The fourth-order valence-electron chi connectivity index (χ4n) is 5.06. The highest BCUT2D eigenvalue weighted by Gasteiger charge is 2.25. The number of fused-ring (bicyclic) bond motifs is 2. The van der Waals surface area contributed by atoms with Gasteiger partial charge in [-0.1, -0.05) is 30.3 Å². The average Bonchev–Trinajstić information content (AvgIpc) is 3.29. The summed E-state index contributed by atoms with van der Waals surface area (Å²) in [6.07, 6.45) is 3.26. The molecule has 4 heterocycles. The van der Waals surface area contributed by atoms with Crippen LogP contribution >= 0.6 is 0 Å². The lowest BCUT2D eigenvalue weighted by Gasteiger charge is -2.30. The first-order valence-corrected chi connectivity index (χ1v) is 12.5. The van der Waals surface area contributed by atoms with Crippen molar-refractivity contribution in [3.8, 4) is 5.69 Å². The monoisotopic (exact) mass is 509 g/mol. The quantitative estimate of drug-likeness (QED) is 0.374. The maximum atomic E-state index is 14.2. The lowest BCUT2D eigenvalue weighted by Crippen LogP contribution is -2.37. The molecule has 1 unspecified atom stereocenters. The van der Waals surface area contributed by atoms with E-state index in [-0.39, 0.29) is 16.9 Å². The fourth-order valence-corrected chi connectivity index (χ4v) is 5.06. The predicted molar refractivity (Wildman–Crippen MR) is 146 cm³/mol. The van der Waals surface area contributed by atoms with E-state index in [1.165, 1.54) is 4.52 Å². The van der Waals surface area contributed by atoms with E-state index in [1.54, 1.807) is 23.0 Å². The number of nitrogens with two attached hydrogens (primary N) is 1. The van der Waals surface area contributed by atoms with E-state index in [0.29, 0.717) is 48.7 Å². The zero-order valence-corrected chi connectivity index (χ0v) is 20.9. The number of nitrogen functional groups attached to an aromatic ring is 1. The normalized spacial score (nSPS) is 14.6. The lowest BCUT2D eigenvalue weighted by atomic mass is 10.0. The topological polar surface area (TPSA) is 120 Å². The largest absolute Gasteiger partial charge is 0.381 e. The Bertz CT molecular complexity index is 1710. The van der Waals surface area contributed by atoms with Gasteiger partial charge in [-0.2, -0.15) is 0 Å². The van der Waals surface area contributed by atoms with Crippen molar-refractivity contribution in [3.05, 3.63) is 94.7 Å². The Kier molecular flexibility index (Phi) is 6.01. The second kappa shape index (κ2) is 9.64. The Labute approximate surface area is 218 Å². The first-order valence-electron chi connectivity index (χ1n) is 12.5. The molecule has 5 aromatic rings. The number of pyridine rings is 1. The van der Waals surface area contributed by atoms with Crippen LogP contribution in [0.25, 0.3) is 22.1 Å². The number of aromatic nitrogens is 4. The van der Waals surface area contributed by atoms with Crippen molar-refractivity contribution in [1.82, 2.24) is 24.5 Å². The van der Waals surface area contributed by atoms with Crippen molar-refractivity contribution in [3.63, 3.8) is 0 Å². The molecular weight excluding hydrogens is 482 g/mol. The van der Waals surface area contributed by atoms with Crippen LogP contribution in [0.3, 0.4) is 0 Å². The number of hydrogen-bond donors (Lipinski definition) is 2. The van der Waals surface area contributed by atoms with Crippen LogP contribution in [0.4, 0.5) is 11.5 Å². The van der Waals surface area contributed by atoms with Crippen molar-refractivity contribution in [2.75, 3.05) is 36.9 Å². The molecule has 10 nitrogen and oxygen atoms in total. The Morgan fingerprint density at radius 1 is 1.08 bits per heavy atom. The number of anilines is 2. The van der Waals surface area contributed by atoms with Crippen LogP contribution in [0.2, 0.25) is 0 Å². The van der Waals surface area contributed by atoms with Gasteiger partial charge in [-0.15, -0.1) is 5.10 Å². The van der Waals surface area contributed by atoms with E-state index in [1.807, 2.05) is 61.5 Å². The summed E-state index contributed by atoms with van der Waals surface area (Å²) in [4.78, 5) is 34.1. The van der Waals surface area contributed by atoms with Gasteiger partial charge >= 0.3 is 0 Å². The van der Waals surface area contributed by atoms with Gasteiger partial charge < -0.3 is 20.7 Å². The molecular formula is C28H27N7O3. The molecule has 0 saturated carbocycles. The van der Waals surface area contributed by atoms with Gasteiger partial charge in [0.1, 0.15) is 5.56 Å². The highest BCUT2D eigenvalue weighted by Crippen LogP contribution is 2.29. The van der Waals surface area contributed by atoms with Gasteiger partial charge in [-0.3, -0.25) is 14.2 Å². The minimum atomic E-state index is -0.537. The maximum Gasteiger partial charge on any atom is 0.265 e. The first-order chi connectivity index (χ1) is 18.5. The Balaban J connectivity index is 1.48. The third-order valence-electron chi connectivity index (χ3n) is 6.86. The van der Waals surface area contributed by atoms with Crippen molar-refractivity contribution < 1.29 is 9.53 Å². The number of morpholine rings is 1. The van der Waals surface area contributed by atoms with Gasteiger partial charge in [0.15, 0.2) is 11.5 Å². The Hall–Kier alpha value is -4.70. The number of para-hydroxylation sites is 1. The molecule has 2 aromatic carbocycles. The molecule has 1 saturated heterocycles. The van der Waals surface area contributed by atoms with Crippen LogP contribution in [0.5, 0.6) is 0 Å². The third kappa shape index (κ3) is 4.04. The third-order valence-corrected chi connectivity index (χ3v) is 6.86. The van der Waals surface area contributed by atoms with Gasteiger partial charge in [0, 0.05) is 36.9 Å². The highest BCUT2D eigenvalue weighted by atomic mass is 16.5. The number of nitrogens with one attached hydrogen (secondary N) is 1. The minimum absolute atomic E-state index is 0.0857. The molecule has 0 aliphatic carbocycles. The minimum Gasteiger partial charge on any atom is -0.381 e. The summed E-state index contributed by atoms with van der Waals surface area (Å²) in [6, 6.07) is 18.5. The van der Waals surface area contributed by atoms with Crippen LogP contribution in [-0.4, -0.2) is 51.4 Å². The van der Waals surface area contributed by atoms with E-state index in [9.17, 15) is 9.59 Å². The number of carbonyl (C=O) groups is 1. The smallest absolute Gasteiger partial charge is 0.265 e. The summed E-state index contributed by atoms with van der Waals surface area (Å²) in [5.74, 6) is -0.333. The standard InChI is InChI=1S/C28H27N7O3/c1-18(31-27(36)24-25(29)32-34-12-6-11-30-26(24)34)22-17-19-7-5-10-21(33-13-15-38-16-14-33)23(19)28(37)35(22)20-8-3-2-4-9-20/h2-12,17-18H,13-16H2,1H3,(H2,29,32)(H,31,36). The molecule has 3 N–H and O–H groups in total. The molecule has 10 heteroatoms. The fraction of sp³-hybridized carbons (Fsp3) is 0.214. The van der Waals surface area contributed by atoms with Gasteiger partial charge in [0.05, 0.1) is 30.3 Å². The van der Waals surface area contributed by atoms with Gasteiger partial charge in [0.2, 0.25) is 0 Å². The van der Waals surface area contributed by atoms with Gasteiger partial charge in [0.25, 0.3) is 11.5 Å². The van der Waals surface area contributed by atoms with Crippen LogP contribution < -0.4 is 21.5 Å². The summed E-state index contributed by atoms with van der Waals surface area (Å²) in [5.41, 5.74) is 8.72. The molecule has 6 rings (SSSR count). The number of carbonyl (C=O) groups excluding carboxylic acids is 1. The summed E-state index contributed by atoms with van der Waals surface area (Å²) in [6.45, 7) is 4.51. The summed E-state index contributed by atoms with van der Waals surface area (Å²) < 4.78 is 8.67. The predicted octanol–water partition coefficient (Wildman–Crippen LogP) is 2.94. The van der Waals surface area contributed by atoms with Crippen LogP contribution in [0.15, 0.2) is 77.9 Å². The molecule has 1 aliphatic heterocycles. The molecule has 38 heavy (non-hydrogen) atoms. The number of rotatable bonds is 5. The number of hydrogen-bond acceptors (Lipinski definition) is 7. The van der Waals surface area contributed by atoms with Crippen molar-refractivity contribution in [2.24, 2.45) is 0 Å². The molecule has 0 bridgehead atoms. The van der Waals surface area contributed by atoms with E-state index < -0.39 is 11.9 Å². The lowest BCUT2D eigenvalue weighted by molar-refractivity contribution is 0.0941. The number of benzene rings is 2. The van der Waals surface area contributed by atoms with E-state index in [4.69, 9.17) is 10.5 Å². The zero-order valence-electron chi connectivity index (χ0n) is 20.9.